The summed E-state index contributed by atoms with van der Waals surface area (Å²) in [6, 6.07) is 3.96. The van der Waals surface area contributed by atoms with Gasteiger partial charge in [0.2, 0.25) is 0 Å². The second-order valence-electron chi connectivity index (χ2n) is 5.95. The molecule has 0 radical (unpaired) electrons. The molecule has 0 N–H and O–H groups in total. The zero-order valence-electron chi connectivity index (χ0n) is 10.3. The fraction of sp³-hybridized carbons (Fsp3) is 0.643. The van der Waals surface area contributed by atoms with E-state index >= 15 is 0 Å². The van der Waals surface area contributed by atoms with Gasteiger partial charge >= 0.3 is 0 Å². The van der Waals surface area contributed by atoms with Crippen molar-refractivity contribution in [3.8, 4) is 5.75 Å². The molecule has 0 amide bonds. The molecule has 1 aromatic heterocycles. The molecular formula is C14H17BrN2O. The molecule has 4 aliphatic rings. The van der Waals surface area contributed by atoms with E-state index in [1.165, 1.54) is 32.5 Å². The number of hydrogen-bond donors (Lipinski definition) is 0. The molecule has 0 spiro atoms. The highest BCUT2D eigenvalue weighted by atomic mass is 79.9. The Morgan fingerprint density at radius 2 is 2.00 bits per heavy atom. The molecule has 18 heavy (non-hydrogen) atoms. The number of rotatable bonds is 2. The van der Waals surface area contributed by atoms with Crippen LogP contribution in [-0.4, -0.2) is 35.6 Å². The van der Waals surface area contributed by atoms with Crippen molar-refractivity contribution in [2.75, 3.05) is 19.6 Å². The van der Waals surface area contributed by atoms with Crippen molar-refractivity contribution >= 4 is 15.9 Å². The number of aromatic nitrogens is 1. The van der Waals surface area contributed by atoms with E-state index in [4.69, 9.17) is 4.74 Å². The summed E-state index contributed by atoms with van der Waals surface area (Å²) in [6.45, 7) is 3.79. The van der Waals surface area contributed by atoms with Crippen LogP contribution in [-0.2, 0) is 0 Å². The second-order valence-corrected chi connectivity index (χ2v) is 6.70. The second kappa shape index (κ2) is 4.20. The fourth-order valence-corrected chi connectivity index (χ4v) is 4.51. The third kappa shape index (κ3) is 1.77. The van der Waals surface area contributed by atoms with Gasteiger partial charge in [0.05, 0.1) is 0 Å². The van der Waals surface area contributed by atoms with Gasteiger partial charge in [0.25, 0.3) is 0 Å². The number of piperidine rings is 3. The van der Waals surface area contributed by atoms with E-state index in [1.54, 1.807) is 6.20 Å². The topological polar surface area (TPSA) is 25.4 Å². The zero-order chi connectivity index (χ0) is 12.1. The van der Waals surface area contributed by atoms with Crippen LogP contribution < -0.4 is 4.74 Å². The first-order valence-electron chi connectivity index (χ1n) is 6.79. The predicted octanol–water partition coefficient (Wildman–Crippen LogP) is 2.56. The van der Waals surface area contributed by atoms with Gasteiger partial charge in [-0.1, -0.05) is 0 Å². The molecule has 4 heteroatoms. The normalized spacial score (nSPS) is 41.1. The van der Waals surface area contributed by atoms with Crippen LogP contribution in [0.25, 0.3) is 0 Å². The molecule has 96 valence electrons. The van der Waals surface area contributed by atoms with Crippen LogP contribution in [0.2, 0.25) is 0 Å². The van der Waals surface area contributed by atoms with Crippen molar-refractivity contribution in [1.29, 1.82) is 0 Å². The lowest BCUT2D eigenvalue weighted by Crippen LogP contribution is -2.61. The molecule has 3 saturated heterocycles. The van der Waals surface area contributed by atoms with Crippen molar-refractivity contribution in [2.24, 2.45) is 17.8 Å². The molecule has 2 atom stereocenters. The number of nitrogens with zero attached hydrogens (tertiary/aromatic N) is 2. The Hall–Kier alpha value is -0.610. The molecule has 3 nitrogen and oxygen atoms in total. The lowest BCUT2D eigenvalue weighted by Gasteiger charge is -2.55. The lowest BCUT2D eigenvalue weighted by atomic mass is 9.66. The Morgan fingerprint density at radius 3 is 2.67 bits per heavy atom. The Balaban J connectivity index is 1.57. The van der Waals surface area contributed by atoms with Crippen molar-refractivity contribution < 1.29 is 4.74 Å². The molecule has 1 aromatic rings. The summed E-state index contributed by atoms with van der Waals surface area (Å²) >= 11 is 3.48. The Kier molecular flexibility index (Phi) is 2.62. The summed E-state index contributed by atoms with van der Waals surface area (Å²) in [5.41, 5.74) is 0. The highest BCUT2D eigenvalue weighted by Crippen LogP contribution is 2.45. The maximum atomic E-state index is 6.29. The summed E-state index contributed by atoms with van der Waals surface area (Å²) in [5.74, 6) is 3.29. The van der Waals surface area contributed by atoms with Gasteiger partial charge in [0.1, 0.15) is 10.7 Å². The van der Waals surface area contributed by atoms with Gasteiger partial charge < -0.3 is 9.64 Å². The quantitative estimate of drug-likeness (QED) is 0.785. The molecule has 1 aliphatic carbocycles. The molecule has 4 bridgehead atoms. The average Bonchev–Trinajstić information content (AvgIpc) is 2.35. The summed E-state index contributed by atoms with van der Waals surface area (Å²) in [4.78, 5) is 6.87. The van der Waals surface area contributed by atoms with Gasteiger partial charge in [-0.05, 0) is 46.8 Å². The largest absolute Gasteiger partial charge is 0.487 e. The first kappa shape index (κ1) is 11.2. The van der Waals surface area contributed by atoms with Gasteiger partial charge in [0, 0.05) is 37.7 Å². The van der Waals surface area contributed by atoms with E-state index in [2.05, 4.69) is 25.8 Å². The van der Waals surface area contributed by atoms with E-state index in [-0.39, 0.29) is 0 Å². The third-order valence-electron chi connectivity index (χ3n) is 4.69. The van der Waals surface area contributed by atoms with Crippen molar-refractivity contribution in [1.82, 2.24) is 9.88 Å². The minimum atomic E-state index is 0.401. The van der Waals surface area contributed by atoms with Gasteiger partial charge in [-0.3, -0.25) is 0 Å². The minimum Gasteiger partial charge on any atom is -0.487 e. The van der Waals surface area contributed by atoms with E-state index in [1.807, 2.05) is 12.1 Å². The highest BCUT2D eigenvalue weighted by Gasteiger charge is 2.48. The molecule has 3 aliphatic heterocycles. The third-order valence-corrected chi connectivity index (χ3v) is 5.29. The number of hydrogen-bond acceptors (Lipinski definition) is 3. The van der Waals surface area contributed by atoms with Crippen molar-refractivity contribution in [2.45, 2.75) is 18.9 Å². The minimum absolute atomic E-state index is 0.401. The van der Waals surface area contributed by atoms with Crippen LogP contribution in [0.1, 0.15) is 12.8 Å². The number of halogens is 1. The molecule has 4 fully saturated rings. The Bertz CT molecular complexity index is 437. The monoisotopic (exact) mass is 308 g/mol. The fourth-order valence-electron chi connectivity index (χ4n) is 4.16. The van der Waals surface area contributed by atoms with Gasteiger partial charge in [-0.15, -0.1) is 0 Å². The van der Waals surface area contributed by atoms with E-state index in [0.717, 1.165) is 28.1 Å². The van der Waals surface area contributed by atoms with Gasteiger partial charge in [-0.25, -0.2) is 4.98 Å². The maximum absolute atomic E-state index is 6.29. The summed E-state index contributed by atoms with van der Waals surface area (Å²) in [6.07, 6.45) is 4.91. The van der Waals surface area contributed by atoms with Crippen molar-refractivity contribution in [3.63, 3.8) is 0 Å². The van der Waals surface area contributed by atoms with E-state index in [0.29, 0.717) is 6.10 Å². The van der Waals surface area contributed by atoms with Crippen LogP contribution >= 0.6 is 15.9 Å². The van der Waals surface area contributed by atoms with Crippen LogP contribution in [0.5, 0.6) is 5.75 Å². The first-order valence-corrected chi connectivity index (χ1v) is 7.58. The van der Waals surface area contributed by atoms with Crippen molar-refractivity contribution in [3.05, 3.63) is 22.9 Å². The highest BCUT2D eigenvalue weighted by molar-refractivity contribution is 9.10. The summed E-state index contributed by atoms with van der Waals surface area (Å²) in [5, 5.41) is 0. The lowest BCUT2D eigenvalue weighted by molar-refractivity contribution is -0.0988. The van der Waals surface area contributed by atoms with E-state index in [9.17, 15) is 0 Å². The molecular weight excluding hydrogens is 292 g/mol. The average molecular weight is 309 g/mol. The van der Waals surface area contributed by atoms with Crippen LogP contribution in [0.15, 0.2) is 22.9 Å². The molecule has 2 unspecified atom stereocenters. The Morgan fingerprint density at radius 1 is 1.22 bits per heavy atom. The molecule has 0 aromatic carbocycles. The smallest absolute Gasteiger partial charge is 0.152 e. The van der Waals surface area contributed by atoms with Crippen LogP contribution in [0, 0.1) is 17.8 Å². The van der Waals surface area contributed by atoms with Gasteiger partial charge in [0.15, 0.2) is 5.75 Å². The SMILES string of the molecule is Brc1ncccc1OC1C2CC3CC1CN(C3)C2. The van der Waals surface area contributed by atoms with E-state index < -0.39 is 0 Å². The summed E-state index contributed by atoms with van der Waals surface area (Å²) in [7, 11) is 0. The summed E-state index contributed by atoms with van der Waals surface area (Å²) < 4.78 is 7.12. The zero-order valence-corrected chi connectivity index (χ0v) is 11.8. The molecule has 4 heterocycles. The molecule has 5 rings (SSSR count). The number of ether oxygens (including phenoxy) is 1. The standard InChI is InChI=1S/C14H17BrN2O/c15-14-12(2-1-3-16-14)18-13-10-4-9-5-11(13)8-17(6-9)7-10/h1-3,9-11,13H,4-8H2. The van der Waals surface area contributed by atoms with Crippen LogP contribution in [0.4, 0.5) is 0 Å². The Labute approximate surface area is 116 Å². The molecule has 1 saturated carbocycles. The predicted molar refractivity (Wildman–Crippen MR) is 72.5 cm³/mol. The van der Waals surface area contributed by atoms with Gasteiger partial charge in [-0.2, -0.15) is 0 Å². The van der Waals surface area contributed by atoms with Crippen LogP contribution in [0.3, 0.4) is 0 Å². The first-order chi connectivity index (χ1) is 8.79. The maximum Gasteiger partial charge on any atom is 0.152 e. The number of pyridine rings is 1.